The van der Waals surface area contributed by atoms with E-state index >= 15 is 0 Å². The summed E-state index contributed by atoms with van der Waals surface area (Å²) in [6.07, 6.45) is 11.8. The van der Waals surface area contributed by atoms with Crippen LogP contribution >= 0.6 is 0 Å². The molecule has 0 unspecified atom stereocenters. The lowest BCUT2D eigenvalue weighted by atomic mass is 9.66. The second kappa shape index (κ2) is 5.13. The maximum Gasteiger partial charge on any atom is 0.0540 e. The molecule has 3 rings (SSSR count). The van der Waals surface area contributed by atoms with Gasteiger partial charge in [-0.05, 0) is 62.7 Å². The minimum absolute atomic E-state index is 0.00432. The van der Waals surface area contributed by atoms with Crippen LogP contribution in [0.1, 0.15) is 64.7 Å². The first-order chi connectivity index (χ1) is 8.71. The van der Waals surface area contributed by atoms with Crippen LogP contribution in [0.15, 0.2) is 0 Å². The van der Waals surface area contributed by atoms with Gasteiger partial charge in [0.1, 0.15) is 0 Å². The quantitative estimate of drug-likeness (QED) is 0.814. The molecule has 1 aliphatic heterocycles. The molecule has 0 atom stereocenters. The summed E-state index contributed by atoms with van der Waals surface area (Å²) in [7, 11) is 0. The van der Waals surface area contributed by atoms with Gasteiger partial charge < -0.3 is 5.11 Å². The third-order valence-corrected chi connectivity index (χ3v) is 6.00. The predicted octanol–water partition coefficient (Wildman–Crippen LogP) is 3.19. The lowest BCUT2D eigenvalue weighted by Crippen LogP contribution is -2.61. The van der Waals surface area contributed by atoms with Crippen molar-refractivity contribution in [3.63, 3.8) is 0 Å². The summed E-state index contributed by atoms with van der Waals surface area (Å²) in [5.41, 5.74) is 0.612. The molecule has 1 N–H and O–H groups in total. The normalized spacial score (nSPS) is 37.7. The van der Waals surface area contributed by atoms with Gasteiger partial charge in [0.2, 0.25) is 0 Å². The molecule has 1 heterocycles. The Bertz CT molecular complexity index is 267. The molecule has 0 amide bonds. The predicted molar refractivity (Wildman–Crippen MR) is 74.5 cm³/mol. The van der Waals surface area contributed by atoms with Crippen molar-refractivity contribution < 1.29 is 5.11 Å². The first-order valence-corrected chi connectivity index (χ1v) is 8.13. The maximum absolute atomic E-state index is 9.62. The molecule has 1 saturated heterocycles. The van der Waals surface area contributed by atoms with Crippen LogP contribution in [0, 0.1) is 11.3 Å². The highest BCUT2D eigenvalue weighted by atomic mass is 16.3. The van der Waals surface area contributed by atoms with Crippen molar-refractivity contribution >= 4 is 0 Å². The van der Waals surface area contributed by atoms with Crippen molar-refractivity contribution in [3.8, 4) is 0 Å². The monoisotopic (exact) mass is 251 g/mol. The van der Waals surface area contributed by atoms with Crippen molar-refractivity contribution in [1.82, 2.24) is 4.90 Å². The Morgan fingerprint density at radius 3 is 2.17 bits per heavy atom. The van der Waals surface area contributed by atoms with E-state index in [1.54, 1.807) is 0 Å². The van der Waals surface area contributed by atoms with E-state index in [1.807, 2.05) is 0 Å². The van der Waals surface area contributed by atoms with E-state index in [2.05, 4.69) is 11.8 Å². The fourth-order valence-electron chi connectivity index (χ4n) is 4.52. The van der Waals surface area contributed by atoms with Crippen LogP contribution in [0.3, 0.4) is 0 Å². The third-order valence-electron chi connectivity index (χ3n) is 6.00. The van der Waals surface area contributed by atoms with Crippen LogP contribution < -0.4 is 0 Å². The minimum atomic E-state index is 0.00432. The van der Waals surface area contributed by atoms with E-state index in [0.29, 0.717) is 5.41 Å². The minimum Gasteiger partial charge on any atom is -0.393 e. The average Bonchev–Trinajstić information content (AvgIpc) is 2.38. The van der Waals surface area contributed by atoms with E-state index in [0.717, 1.165) is 24.8 Å². The number of aliphatic hydroxyl groups is 1. The Morgan fingerprint density at radius 1 is 1.00 bits per heavy atom. The summed E-state index contributed by atoms with van der Waals surface area (Å²) >= 11 is 0. The molecule has 18 heavy (non-hydrogen) atoms. The third kappa shape index (κ3) is 2.46. The average molecular weight is 251 g/mol. The molecule has 2 heteroatoms. The Hall–Kier alpha value is -0.0800. The molecular weight excluding hydrogens is 222 g/mol. The SMILES string of the molecule is CCC1CCC(N2CC3(CCC(O)CC3)C2)CC1. The maximum atomic E-state index is 9.62. The molecule has 2 saturated carbocycles. The standard InChI is InChI=1S/C16H29NO/c1-2-13-3-5-14(6-4-13)17-11-16(12-17)9-7-15(18)8-10-16/h13-15,18H,2-12H2,1H3. The Balaban J connectivity index is 1.45. The molecule has 3 fully saturated rings. The van der Waals surface area contributed by atoms with Crippen molar-refractivity contribution in [2.75, 3.05) is 13.1 Å². The Labute approximate surface area is 112 Å². The second-order valence-corrected chi connectivity index (χ2v) is 7.22. The largest absolute Gasteiger partial charge is 0.393 e. The van der Waals surface area contributed by atoms with Gasteiger partial charge in [-0.25, -0.2) is 0 Å². The molecule has 0 aromatic heterocycles. The van der Waals surface area contributed by atoms with E-state index in [9.17, 15) is 5.11 Å². The zero-order valence-electron chi connectivity index (χ0n) is 11.9. The van der Waals surface area contributed by atoms with Gasteiger partial charge in [0.15, 0.2) is 0 Å². The van der Waals surface area contributed by atoms with Gasteiger partial charge in [0, 0.05) is 19.1 Å². The molecule has 104 valence electrons. The van der Waals surface area contributed by atoms with Crippen molar-refractivity contribution in [2.45, 2.75) is 76.9 Å². The van der Waals surface area contributed by atoms with Gasteiger partial charge >= 0.3 is 0 Å². The molecule has 2 nitrogen and oxygen atoms in total. The molecule has 2 aliphatic carbocycles. The first kappa shape index (κ1) is 12.9. The summed E-state index contributed by atoms with van der Waals surface area (Å²) in [6, 6.07) is 0.894. The van der Waals surface area contributed by atoms with Crippen LogP contribution in [0.2, 0.25) is 0 Å². The number of aliphatic hydroxyl groups excluding tert-OH is 1. The zero-order chi connectivity index (χ0) is 12.6. The number of likely N-dealkylation sites (tertiary alicyclic amines) is 1. The summed E-state index contributed by atoms with van der Waals surface area (Å²) in [4.78, 5) is 2.75. The summed E-state index contributed by atoms with van der Waals surface area (Å²) in [5, 5.41) is 9.62. The van der Waals surface area contributed by atoms with E-state index < -0.39 is 0 Å². The molecule has 0 bridgehead atoms. The fourth-order valence-corrected chi connectivity index (χ4v) is 4.52. The highest BCUT2D eigenvalue weighted by Gasteiger charge is 2.47. The molecular formula is C16H29NO. The topological polar surface area (TPSA) is 23.5 Å². The first-order valence-electron chi connectivity index (χ1n) is 8.13. The van der Waals surface area contributed by atoms with E-state index in [1.165, 1.54) is 58.0 Å². The Kier molecular flexibility index (Phi) is 3.68. The molecule has 0 aromatic rings. The van der Waals surface area contributed by atoms with E-state index in [-0.39, 0.29) is 6.10 Å². The van der Waals surface area contributed by atoms with Gasteiger partial charge in [-0.15, -0.1) is 0 Å². The number of hydrogen-bond acceptors (Lipinski definition) is 2. The number of hydrogen-bond donors (Lipinski definition) is 1. The van der Waals surface area contributed by atoms with Crippen molar-refractivity contribution in [1.29, 1.82) is 0 Å². The number of rotatable bonds is 2. The lowest BCUT2D eigenvalue weighted by molar-refractivity contribution is -0.0827. The van der Waals surface area contributed by atoms with Gasteiger partial charge in [0.25, 0.3) is 0 Å². The van der Waals surface area contributed by atoms with Crippen LogP contribution in [0.25, 0.3) is 0 Å². The molecule has 0 radical (unpaired) electrons. The summed E-state index contributed by atoms with van der Waals surface area (Å²) < 4.78 is 0. The Morgan fingerprint density at radius 2 is 1.61 bits per heavy atom. The van der Waals surface area contributed by atoms with Crippen LogP contribution in [-0.4, -0.2) is 35.2 Å². The van der Waals surface area contributed by atoms with Crippen LogP contribution in [0.4, 0.5) is 0 Å². The van der Waals surface area contributed by atoms with Crippen molar-refractivity contribution in [3.05, 3.63) is 0 Å². The summed E-state index contributed by atoms with van der Waals surface area (Å²) in [6.45, 7) is 5.01. The number of nitrogens with zero attached hydrogens (tertiary/aromatic N) is 1. The van der Waals surface area contributed by atoms with Gasteiger partial charge in [-0.3, -0.25) is 4.90 Å². The van der Waals surface area contributed by atoms with Crippen molar-refractivity contribution in [2.24, 2.45) is 11.3 Å². The molecule has 3 aliphatic rings. The van der Waals surface area contributed by atoms with E-state index in [4.69, 9.17) is 0 Å². The van der Waals surface area contributed by atoms with Gasteiger partial charge in [0.05, 0.1) is 6.10 Å². The summed E-state index contributed by atoms with van der Waals surface area (Å²) in [5.74, 6) is 1.02. The van der Waals surface area contributed by atoms with Crippen LogP contribution in [0.5, 0.6) is 0 Å². The fraction of sp³-hybridized carbons (Fsp3) is 1.00. The van der Waals surface area contributed by atoms with Gasteiger partial charge in [-0.1, -0.05) is 13.3 Å². The zero-order valence-corrected chi connectivity index (χ0v) is 11.9. The highest BCUT2D eigenvalue weighted by molar-refractivity contribution is 5.00. The van der Waals surface area contributed by atoms with Gasteiger partial charge in [-0.2, -0.15) is 0 Å². The lowest BCUT2D eigenvalue weighted by Gasteiger charge is -2.56. The smallest absolute Gasteiger partial charge is 0.0540 e. The molecule has 1 spiro atoms. The molecule has 0 aromatic carbocycles. The second-order valence-electron chi connectivity index (χ2n) is 7.22. The van der Waals surface area contributed by atoms with Crippen LogP contribution in [-0.2, 0) is 0 Å². The highest BCUT2D eigenvalue weighted by Crippen LogP contribution is 2.46.